The SMILES string of the molecule is CCN(CC)CCCC(C)NC(=O)c1cc(-c2ccco2)nn1-c1ccc([N+](=O)[O-])cc1. The second-order valence-corrected chi connectivity index (χ2v) is 7.62. The van der Waals surface area contributed by atoms with Gasteiger partial charge in [-0.3, -0.25) is 14.9 Å². The number of amides is 1. The largest absolute Gasteiger partial charge is 0.463 e. The number of carbonyl (C=O) groups excluding carboxylic acids is 1. The number of aromatic nitrogens is 2. The molecule has 0 saturated heterocycles. The van der Waals surface area contributed by atoms with Gasteiger partial charge in [0.1, 0.15) is 11.4 Å². The summed E-state index contributed by atoms with van der Waals surface area (Å²) in [4.78, 5) is 26.0. The predicted molar refractivity (Wildman–Crippen MR) is 122 cm³/mol. The van der Waals surface area contributed by atoms with Gasteiger partial charge in [0, 0.05) is 24.2 Å². The number of nitrogens with one attached hydrogen (secondary N) is 1. The number of non-ortho nitro benzene ring substituents is 1. The van der Waals surface area contributed by atoms with Crippen LogP contribution in [0, 0.1) is 10.1 Å². The number of hydrogen-bond acceptors (Lipinski definition) is 6. The van der Waals surface area contributed by atoms with Crippen LogP contribution in [0.25, 0.3) is 17.1 Å². The lowest BCUT2D eigenvalue weighted by atomic mass is 10.1. The molecule has 0 bridgehead atoms. The Hall–Kier alpha value is -3.46. The van der Waals surface area contributed by atoms with Crippen LogP contribution in [0.1, 0.15) is 44.1 Å². The fourth-order valence-electron chi connectivity index (χ4n) is 3.53. The van der Waals surface area contributed by atoms with Crippen LogP contribution in [0.4, 0.5) is 5.69 Å². The number of nitro benzene ring substituents is 1. The topological polar surface area (TPSA) is 106 Å². The highest BCUT2D eigenvalue weighted by molar-refractivity contribution is 5.94. The lowest BCUT2D eigenvalue weighted by Gasteiger charge is -2.20. The molecule has 1 aromatic carbocycles. The van der Waals surface area contributed by atoms with E-state index in [0.717, 1.165) is 32.5 Å². The minimum Gasteiger partial charge on any atom is -0.463 e. The average molecular weight is 440 g/mol. The summed E-state index contributed by atoms with van der Waals surface area (Å²) >= 11 is 0. The highest BCUT2D eigenvalue weighted by Crippen LogP contribution is 2.23. The van der Waals surface area contributed by atoms with Crippen LogP contribution in [0.2, 0.25) is 0 Å². The molecule has 9 nitrogen and oxygen atoms in total. The number of benzene rings is 1. The van der Waals surface area contributed by atoms with E-state index in [9.17, 15) is 14.9 Å². The molecule has 0 aliphatic heterocycles. The molecule has 2 aromatic heterocycles. The molecule has 9 heteroatoms. The Morgan fingerprint density at radius 1 is 1.25 bits per heavy atom. The molecule has 0 aliphatic rings. The van der Waals surface area contributed by atoms with Crippen molar-refractivity contribution in [3.8, 4) is 17.1 Å². The Bertz CT molecular complexity index is 1020. The van der Waals surface area contributed by atoms with Gasteiger partial charge < -0.3 is 14.6 Å². The Labute approximate surface area is 187 Å². The van der Waals surface area contributed by atoms with E-state index in [0.29, 0.717) is 22.8 Å². The van der Waals surface area contributed by atoms with E-state index in [1.54, 1.807) is 30.3 Å². The monoisotopic (exact) mass is 439 g/mol. The molecule has 0 spiro atoms. The van der Waals surface area contributed by atoms with E-state index < -0.39 is 4.92 Å². The van der Waals surface area contributed by atoms with Gasteiger partial charge in [0.2, 0.25) is 0 Å². The maximum absolute atomic E-state index is 13.1. The van der Waals surface area contributed by atoms with Crippen molar-refractivity contribution in [2.45, 2.75) is 39.7 Å². The first-order chi connectivity index (χ1) is 15.4. The molecule has 0 saturated carbocycles. The van der Waals surface area contributed by atoms with Crippen molar-refractivity contribution in [2.24, 2.45) is 0 Å². The van der Waals surface area contributed by atoms with Crippen LogP contribution >= 0.6 is 0 Å². The van der Waals surface area contributed by atoms with Crippen molar-refractivity contribution in [2.75, 3.05) is 19.6 Å². The smallest absolute Gasteiger partial charge is 0.270 e. The lowest BCUT2D eigenvalue weighted by molar-refractivity contribution is -0.384. The van der Waals surface area contributed by atoms with Crippen molar-refractivity contribution in [1.82, 2.24) is 20.0 Å². The number of carbonyl (C=O) groups is 1. The van der Waals surface area contributed by atoms with E-state index >= 15 is 0 Å². The maximum atomic E-state index is 13.1. The second-order valence-electron chi connectivity index (χ2n) is 7.62. The standard InChI is InChI=1S/C23H29N5O4/c1-4-26(5-2)14-6-8-17(3)24-23(29)21-16-20(22-9-7-15-32-22)25-27(21)18-10-12-19(13-11-18)28(30)31/h7,9-13,15-17H,4-6,8,14H2,1-3H3,(H,24,29). The summed E-state index contributed by atoms with van der Waals surface area (Å²) in [6.45, 7) is 9.30. The van der Waals surface area contributed by atoms with Crippen LogP contribution in [0.5, 0.6) is 0 Å². The molecule has 1 N–H and O–H groups in total. The Morgan fingerprint density at radius 2 is 1.97 bits per heavy atom. The maximum Gasteiger partial charge on any atom is 0.270 e. The number of furan rings is 1. The first kappa shape index (κ1) is 23.2. The quantitative estimate of drug-likeness (QED) is 0.353. The molecular formula is C23H29N5O4. The summed E-state index contributed by atoms with van der Waals surface area (Å²) in [6, 6.07) is 11.1. The predicted octanol–water partition coefficient (Wildman–Crippen LogP) is 4.28. The molecule has 170 valence electrons. The van der Waals surface area contributed by atoms with Crippen LogP contribution in [-0.2, 0) is 0 Å². The first-order valence-corrected chi connectivity index (χ1v) is 10.8. The highest BCUT2D eigenvalue weighted by Gasteiger charge is 2.20. The summed E-state index contributed by atoms with van der Waals surface area (Å²) in [6.07, 6.45) is 3.39. The van der Waals surface area contributed by atoms with Crippen molar-refractivity contribution in [3.63, 3.8) is 0 Å². The Balaban J connectivity index is 1.79. The summed E-state index contributed by atoms with van der Waals surface area (Å²) in [7, 11) is 0. The average Bonchev–Trinajstić information content (AvgIpc) is 3.47. The molecule has 32 heavy (non-hydrogen) atoms. The van der Waals surface area contributed by atoms with Gasteiger partial charge >= 0.3 is 0 Å². The van der Waals surface area contributed by atoms with Gasteiger partial charge in [-0.05, 0) is 63.7 Å². The number of nitrogens with zero attached hydrogens (tertiary/aromatic N) is 4. The van der Waals surface area contributed by atoms with Gasteiger partial charge in [0.05, 0.1) is 16.9 Å². The van der Waals surface area contributed by atoms with Gasteiger partial charge in [-0.2, -0.15) is 5.10 Å². The molecule has 2 heterocycles. The third kappa shape index (κ3) is 5.61. The third-order valence-corrected chi connectivity index (χ3v) is 5.40. The minimum absolute atomic E-state index is 0.00895. The first-order valence-electron chi connectivity index (χ1n) is 10.8. The van der Waals surface area contributed by atoms with E-state index in [2.05, 4.69) is 29.2 Å². The normalized spacial score (nSPS) is 12.1. The molecule has 0 aliphatic carbocycles. The van der Waals surface area contributed by atoms with E-state index in [-0.39, 0.29) is 17.6 Å². The fourth-order valence-corrected chi connectivity index (χ4v) is 3.53. The molecule has 0 radical (unpaired) electrons. The zero-order valence-corrected chi connectivity index (χ0v) is 18.7. The van der Waals surface area contributed by atoms with Crippen LogP contribution in [0.3, 0.4) is 0 Å². The number of nitro groups is 1. The molecule has 3 aromatic rings. The van der Waals surface area contributed by atoms with Crippen LogP contribution in [0.15, 0.2) is 53.1 Å². The zero-order chi connectivity index (χ0) is 23.1. The fraction of sp³-hybridized carbons (Fsp3) is 0.391. The minimum atomic E-state index is -0.464. The van der Waals surface area contributed by atoms with E-state index in [4.69, 9.17) is 4.42 Å². The summed E-state index contributed by atoms with van der Waals surface area (Å²) in [5, 5.41) is 18.5. The second kappa shape index (κ2) is 10.7. The molecule has 1 atom stereocenters. The number of hydrogen-bond donors (Lipinski definition) is 1. The van der Waals surface area contributed by atoms with Crippen LogP contribution in [-0.4, -0.2) is 51.2 Å². The molecule has 0 fully saturated rings. The molecule has 3 rings (SSSR count). The summed E-state index contributed by atoms with van der Waals surface area (Å²) < 4.78 is 6.92. The molecule has 1 amide bonds. The van der Waals surface area contributed by atoms with Crippen molar-refractivity contribution in [3.05, 3.63) is 64.5 Å². The molecular weight excluding hydrogens is 410 g/mol. The van der Waals surface area contributed by atoms with Gasteiger partial charge in [-0.15, -0.1) is 0 Å². The van der Waals surface area contributed by atoms with Crippen molar-refractivity contribution < 1.29 is 14.1 Å². The van der Waals surface area contributed by atoms with Crippen molar-refractivity contribution in [1.29, 1.82) is 0 Å². The highest BCUT2D eigenvalue weighted by atomic mass is 16.6. The van der Waals surface area contributed by atoms with Gasteiger partial charge in [0.15, 0.2) is 5.76 Å². The van der Waals surface area contributed by atoms with E-state index in [1.807, 2.05) is 6.92 Å². The lowest BCUT2D eigenvalue weighted by Crippen LogP contribution is -2.34. The van der Waals surface area contributed by atoms with E-state index in [1.165, 1.54) is 23.1 Å². The third-order valence-electron chi connectivity index (χ3n) is 5.40. The molecule has 1 unspecified atom stereocenters. The van der Waals surface area contributed by atoms with Gasteiger partial charge in [0.25, 0.3) is 11.6 Å². The summed E-state index contributed by atoms with van der Waals surface area (Å²) in [5.74, 6) is 0.274. The van der Waals surface area contributed by atoms with Gasteiger partial charge in [-0.25, -0.2) is 4.68 Å². The van der Waals surface area contributed by atoms with Crippen LogP contribution < -0.4 is 5.32 Å². The van der Waals surface area contributed by atoms with Crippen molar-refractivity contribution >= 4 is 11.6 Å². The Kier molecular flexibility index (Phi) is 7.77. The zero-order valence-electron chi connectivity index (χ0n) is 18.7. The Morgan fingerprint density at radius 3 is 2.56 bits per heavy atom. The summed E-state index contributed by atoms with van der Waals surface area (Å²) in [5.41, 5.74) is 1.36. The number of rotatable bonds is 11. The van der Waals surface area contributed by atoms with Gasteiger partial charge in [-0.1, -0.05) is 13.8 Å².